The highest BCUT2D eigenvalue weighted by molar-refractivity contribution is 6.02. The molecule has 2 heterocycles. The number of nitrogens with zero attached hydrogens (tertiary/aromatic N) is 2. The summed E-state index contributed by atoms with van der Waals surface area (Å²) in [5.41, 5.74) is 4.18. The fraction of sp³-hybridized carbons (Fsp3) is 0.480. The smallest absolute Gasteiger partial charge is 0.182 e. The lowest BCUT2D eigenvalue weighted by Crippen LogP contribution is -2.55. The SMILES string of the molecule is Cc1ccc(C)c(C(=O)[C@H]([C@H](c2ccccc2)N2CCOCC2)N2CCOCC2)c1. The van der Waals surface area contributed by atoms with E-state index in [1.807, 2.05) is 19.1 Å². The lowest BCUT2D eigenvalue weighted by Gasteiger charge is -2.44. The Balaban J connectivity index is 1.79. The molecule has 2 fully saturated rings. The van der Waals surface area contributed by atoms with E-state index < -0.39 is 0 Å². The third-order valence-electron chi connectivity index (χ3n) is 6.25. The molecule has 4 rings (SSSR count). The number of carbonyl (C=O) groups is 1. The lowest BCUT2D eigenvalue weighted by atomic mass is 9.87. The van der Waals surface area contributed by atoms with Crippen LogP contribution in [0.2, 0.25) is 0 Å². The van der Waals surface area contributed by atoms with Crippen molar-refractivity contribution in [3.8, 4) is 0 Å². The molecule has 0 unspecified atom stereocenters. The molecule has 0 radical (unpaired) electrons. The van der Waals surface area contributed by atoms with Gasteiger partial charge in [-0.3, -0.25) is 14.6 Å². The van der Waals surface area contributed by atoms with E-state index in [-0.39, 0.29) is 17.9 Å². The Hall–Kier alpha value is -2.05. The van der Waals surface area contributed by atoms with Crippen LogP contribution in [0.5, 0.6) is 0 Å². The van der Waals surface area contributed by atoms with Gasteiger partial charge in [0.25, 0.3) is 0 Å². The summed E-state index contributed by atoms with van der Waals surface area (Å²) in [6.07, 6.45) is 0. The molecule has 0 spiro atoms. The van der Waals surface area contributed by atoms with E-state index in [2.05, 4.69) is 53.1 Å². The van der Waals surface area contributed by atoms with E-state index in [0.29, 0.717) is 26.4 Å². The number of Topliss-reactive ketones (excluding diaryl/α,β-unsaturated/α-hetero) is 1. The topological polar surface area (TPSA) is 42.0 Å². The van der Waals surface area contributed by atoms with Crippen molar-refractivity contribution in [1.82, 2.24) is 9.80 Å². The third kappa shape index (κ3) is 4.65. The second kappa shape index (κ2) is 9.84. The molecule has 0 bridgehead atoms. The second-order valence-electron chi connectivity index (χ2n) is 8.28. The van der Waals surface area contributed by atoms with Gasteiger partial charge in [-0.2, -0.15) is 0 Å². The van der Waals surface area contributed by atoms with Crippen LogP contribution in [0, 0.1) is 13.8 Å². The minimum Gasteiger partial charge on any atom is -0.379 e. The first-order chi connectivity index (χ1) is 14.6. The molecular formula is C25H32N2O3. The maximum atomic E-state index is 14.1. The van der Waals surface area contributed by atoms with Crippen LogP contribution in [-0.2, 0) is 9.47 Å². The molecule has 0 saturated carbocycles. The highest BCUT2D eigenvalue weighted by atomic mass is 16.5. The van der Waals surface area contributed by atoms with Crippen LogP contribution in [0.25, 0.3) is 0 Å². The van der Waals surface area contributed by atoms with E-state index in [1.165, 1.54) is 5.56 Å². The second-order valence-corrected chi connectivity index (χ2v) is 8.28. The van der Waals surface area contributed by atoms with Crippen molar-refractivity contribution in [2.45, 2.75) is 25.9 Å². The molecule has 5 heteroatoms. The summed E-state index contributed by atoms with van der Waals surface area (Å²) >= 11 is 0. The number of benzene rings is 2. The molecule has 2 aromatic carbocycles. The van der Waals surface area contributed by atoms with E-state index in [4.69, 9.17) is 9.47 Å². The Labute approximate surface area is 179 Å². The van der Waals surface area contributed by atoms with Gasteiger partial charge in [-0.15, -0.1) is 0 Å². The molecule has 0 N–H and O–H groups in total. The minimum absolute atomic E-state index is 0.0133. The first-order valence-corrected chi connectivity index (χ1v) is 10.9. The van der Waals surface area contributed by atoms with Gasteiger partial charge < -0.3 is 9.47 Å². The Bertz CT molecular complexity index is 843. The predicted molar refractivity (Wildman–Crippen MR) is 118 cm³/mol. The Morgan fingerprint density at radius 3 is 2.07 bits per heavy atom. The minimum atomic E-state index is -0.255. The van der Waals surface area contributed by atoms with Gasteiger partial charge in [0.05, 0.1) is 38.5 Å². The van der Waals surface area contributed by atoms with Crippen LogP contribution in [-0.4, -0.2) is 74.2 Å². The molecule has 2 aliphatic heterocycles. The number of hydrogen-bond donors (Lipinski definition) is 0. The normalized spacial score (nSPS) is 20.6. The van der Waals surface area contributed by atoms with Crippen molar-refractivity contribution in [3.63, 3.8) is 0 Å². The zero-order chi connectivity index (χ0) is 20.9. The van der Waals surface area contributed by atoms with E-state index in [9.17, 15) is 4.79 Å². The summed E-state index contributed by atoms with van der Waals surface area (Å²) in [7, 11) is 0. The molecule has 0 aromatic heterocycles. The van der Waals surface area contributed by atoms with Crippen molar-refractivity contribution < 1.29 is 14.3 Å². The molecular weight excluding hydrogens is 376 g/mol. The molecule has 2 saturated heterocycles. The fourth-order valence-electron chi connectivity index (χ4n) is 4.62. The van der Waals surface area contributed by atoms with Gasteiger partial charge in [-0.1, -0.05) is 48.0 Å². The van der Waals surface area contributed by atoms with Crippen molar-refractivity contribution in [2.75, 3.05) is 52.6 Å². The van der Waals surface area contributed by atoms with Crippen LogP contribution in [0.15, 0.2) is 48.5 Å². The molecule has 2 aliphatic rings. The highest BCUT2D eigenvalue weighted by Crippen LogP contribution is 2.32. The van der Waals surface area contributed by atoms with Crippen molar-refractivity contribution in [1.29, 1.82) is 0 Å². The van der Waals surface area contributed by atoms with Gasteiger partial charge in [-0.25, -0.2) is 0 Å². The monoisotopic (exact) mass is 408 g/mol. The largest absolute Gasteiger partial charge is 0.379 e. The van der Waals surface area contributed by atoms with E-state index in [1.54, 1.807) is 0 Å². The molecule has 2 atom stereocenters. The molecule has 5 nitrogen and oxygen atoms in total. The zero-order valence-electron chi connectivity index (χ0n) is 18.0. The summed E-state index contributed by atoms with van der Waals surface area (Å²) in [6.45, 7) is 10.0. The number of rotatable bonds is 6. The maximum Gasteiger partial charge on any atom is 0.182 e. The van der Waals surface area contributed by atoms with Crippen LogP contribution >= 0.6 is 0 Å². The standard InChI is InChI=1S/C25H32N2O3/c1-19-8-9-20(2)22(18-19)25(28)24(27-12-16-30-17-13-27)23(21-6-4-3-5-7-21)26-10-14-29-15-11-26/h3-9,18,23-24H,10-17H2,1-2H3/t23-,24-/m0/s1. The average molecular weight is 409 g/mol. The Morgan fingerprint density at radius 1 is 0.833 bits per heavy atom. The Morgan fingerprint density at radius 2 is 1.43 bits per heavy atom. The molecule has 30 heavy (non-hydrogen) atoms. The van der Waals surface area contributed by atoms with Crippen molar-refractivity contribution >= 4 is 5.78 Å². The van der Waals surface area contributed by atoms with Gasteiger partial charge in [0.2, 0.25) is 0 Å². The van der Waals surface area contributed by atoms with Crippen LogP contribution in [0.3, 0.4) is 0 Å². The molecule has 160 valence electrons. The number of aryl methyl sites for hydroxylation is 2. The zero-order valence-corrected chi connectivity index (χ0v) is 18.0. The first-order valence-electron chi connectivity index (χ1n) is 10.9. The van der Waals surface area contributed by atoms with Crippen LogP contribution in [0.4, 0.5) is 0 Å². The molecule has 2 aromatic rings. The van der Waals surface area contributed by atoms with Gasteiger partial charge in [0.1, 0.15) is 0 Å². The molecule has 0 aliphatic carbocycles. The summed E-state index contributed by atoms with van der Waals surface area (Å²) in [4.78, 5) is 18.9. The van der Waals surface area contributed by atoms with Gasteiger partial charge in [0, 0.05) is 31.7 Å². The molecule has 0 amide bonds. The Kier molecular flexibility index (Phi) is 6.95. The summed E-state index contributed by atoms with van der Waals surface area (Å²) in [5.74, 6) is 0.207. The first kappa shape index (κ1) is 21.2. The van der Waals surface area contributed by atoms with Crippen molar-refractivity contribution in [3.05, 3.63) is 70.8 Å². The quantitative estimate of drug-likeness (QED) is 0.687. The van der Waals surface area contributed by atoms with Gasteiger partial charge >= 0.3 is 0 Å². The summed E-state index contributed by atoms with van der Waals surface area (Å²) in [5, 5.41) is 0. The lowest BCUT2D eigenvalue weighted by molar-refractivity contribution is -0.0301. The van der Waals surface area contributed by atoms with Crippen molar-refractivity contribution in [2.24, 2.45) is 0 Å². The van der Waals surface area contributed by atoms with Gasteiger partial charge in [-0.05, 0) is 31.0 Å². The summed E-state index contributed by atoms with van der Waals surface area (Å²) < 4.78 is 11.3. The maximum absolute atomic E-state index is 14.1. The number of ketones is 1. The average Bonchev–Trinajstić information content (AvgIpc) is 2.80. The third-order valence-corrected chi connectivity index (χ3v) is 6.25. The fourth-order valence-corrected chi connectivity index (χ4v) is 4.62. The predicted octanol–water partition coefficient (Wildman–Crippen LogP) is 3.26. The van der Waals surface area contributed by atoms with E-state index >= 15 is 0 Å². The van der Waals surface area contributed by atoms with Gasteiger partial charge in [0.15, 0.2) is 5.78 Å². The number of carbonyl (C=O) groups excluding carboxylic acids is 1. The van der Waals surface area contributed by atoms with E-state index in [0.717, 1.165) is 42.9 Å². The van der Waals surface area contributed by atoms with Crippen LogP contribution in [0.1, 0.15) is 33.1 Å². The van der Waals surface area contributed by atoms with Crippen LogP contribution < -0.4 is 0 Å². The number of hydrogen-bond acceptors (Lipinski definition) is 5. The number of morpholine rings is 2. The summed E-state index contributed by atoms with van der Waals surface area (Å²) in [6, 6.07) is 16.4. The highest BCUT2D eigenvalue weighted by Gasteiger charge is 2.40. The number of ether oxygens (including phenoxy) is 2.